The van der Waals surface area contributed by atoms with Crippen molar-refractivity contribution in [1.29, 1.82) is 0 Å². The van der Waals surface area contributed by atoms with Crippen molar-refractivity contribution in [2.75, 3.05) is 26.2 Å². The van der Waals surface area contributed by atoms with E-state index < -0.39 is 0 Å². The lowest BCUT2D eigenvalue weighted by Crippen LogP contribution is -2.32. The lowest BCUT2D eigenvalue weighted by molar-refractivity contribution is 0.260. The quantitative estimate of drug-likeness (QED) is 0.352. The molecule has 0 unspecified atom stereocenters. The van der Waals surface area contributed by atoms with Crippen molar-refractivity contribution in [2.24, 2.45) is 0 Å². The summed E-state index contributed by atoms with van der Waals surface area (Å²) in [4.78, 5) is 10.8. The number of unbranched alkanes of at least 4 members (excludes halogenated alkanes) is 2. The summed E-state index contributed by atoms with van der Waals surface area (Å²) in [6.07, 6.45) is 3.32. The van der Waals surface area contributed by atoms with Gasteiger partial charge in [0.2, 0.25) is 0 Å². The summed E-state index contributed by atoms with van der Waals surface area (Å²) in [7, 11) is 0.387. The zero-order valence-electron chi connectivity index (χ0n) is 10.8. The van der Waals surface area contributed by atoms with Crippen LogP contribution in [0, 0.1) is 0 Å². The predicted octanol–water partition coefficient (Wildman–Crippen LogP) is 0.731. The van der Waals surface area contributed by atoms with Gasteiger partial charge in [0.25, 0.3) is 5.24 Å². The van der Waals surface area contributed by atoms with Crippen molar-refractivity contribution in [3.05, 3.63) is 0 Å². The number of carbonyl (C=O) groups is 1. The summed E-state index contributed by atoms with van der Waals surface area (Å²) < 4.78 is 0. The first-order chi connectivity index (χ1) is 8.16. The normalized spacial score (nSPS) is 10.8. The van der Waals surface area contributed by atoms with Crippen molar-refractivity contribution in [2.45, 2.75) is 39.2 Å². The van der Waals surface area contributed by atoms with Crippen LogP contribution in [0.1, 0.15) is 33.1 Å². The van der Waals surface area contributed by atoms with E-state index in [1.807, 2.05) is 0 Å². The molecule has 0 atom stereocenters. The largest absolute Gasteiger partial charge is 0.347 e. The first-order valence-electron chi connectivity index (χ1n) is 6.22. The summed E-state index contributed by atoms with van der Waals surface area (Å²) in [6, 6.07) is 0.559. The summed E-state index contributed by atoms with van der Waals surface area (Å²) in [5.41, 5.74) is 0. The Kier molecular flexibility index (Phi) is 12.4. The molecular formula is C11H25N3OS2. The molecular weight excluding hydrogens is 254 g/mol. The Balaban J connectivity index is 3.03. The maximum absolute atomic E-state index is 10.8. The monoisotopic (exact) mass is 279 g/mol. The van der Waals surface area contributed by atoms with Crippen LogP contribution in [-0.4, -0.2) is 37.5 Å². The number of hydrogen-bond acceptors (Lipinski definition) is 4. The SMILES string of the molecule is CC(C)NCCNCCCCCNC(=O)[SH]=S. The second-order valence-electron chi connectivity index (χ2n) is 4.24. The van der Waals surface area contributed by atoms with Crippen molar-refractivity contribution in [3.8, 4) is 0 Å². The van der Waals surface area contributed by atoms with Crippen LogP contribution in [0.3, 0.4) is 0 Å². The Bertz CT molecular complexity index is 213. The van der Waals surface area contributed by atoms with Gasteiger partial charge >= 0.3 is 0 Å². The molecule has 0 spiro atoms. The molecule has 0 saturated carbocycles. The van der Waals surface area contributed by atoms with E-state index in [1.54, 1.807) is 0 Å². The van der Waals surface area contributed by atoms with E-state index >= 15 is 0 Å². The van der Waals surface area contributed by atoms with Gasteiger partial charge in [-0.1, -0.05) is 20.3 Å². The van der Waals surface area contributed by atoms with Crippen molar-refractivity contribution >= 4 is 26.7 Å². The number of thiol groups is 1. The fourth-order valence-corrected chi connectivity index (χ4v) is 1.72. The van der Waals surface area contributed by atoms with Crippen molar-refractivity contribution in [3.63, 3.8) is 0 Å². The van der Waals surface area contributed by atoms with Gasteiger partial charge in [-0.05, 0) is 40.9 Å². The molecule has 0 rings (SSSR count). The smallest absolute Gasteiger partial charge is 0.280 e. The molecule has 0 aliphatic carbocycles. The molecule has 0 heterocycles. The fourth-order valence-electron chi connectivity index (χ4n) is 1.35. The maximum atomic E-state index is 10.8. The molecule has 0 radical (unpaired) electrons. The molecule has 4 nitrogen and oxygen atoms in total. The Hall–Kier alpha value is -0.0400. The molecule has 0 aromatic carbocycles. The molecule has 0 aliphatic rings. The number of amides is 1. The van der Waals surface area contributed by atoms with Gasteiger partial charge in [0.15, 0.2) is 0 Å². The molecule has 17 heavy (non-hydrogen) atoms. The topological polar surface area (TPSA) is 53.2 Å². The zero-order chi connectivity index (χ0) is 12.9. The number of hydrogen-bond donors (Lipinski definition) is 4. The highest BCUT2D eigenvalue weighted by Gasteiger charge is 1.94. The van der Waals surface area contributed by atoms with Crippen LogP contribution in [0.15, 0.2) is 0 Å². The number of nitrogens with one attached hydrogen (secondary N) is 3. The Morgan fingerprint density at radius 3 is 2.47 bits per heavy atom. The highest BCUT2D eigenvalue weighted by Crippen LogP contribution is 1.92. The van der Waals surface area contributed by atoms with E-state index in [1.165, 1.54) is 0 Å². The zero-order valence-corrected chi connectivity index (χ0v) is 12.5. The minimum Gasteiger partial charge on any atom is -0.347 e. The molecule has 6 heteroatoms. The Labute approximate surface area is 113 Å². The second kappa shape index (κ2) is 12.4. The molecule has 102 valence electrons. The van der Waals surface area contributed by atoms with E-state index in [2.05, 4.69) is 41.0 Å². The second-order valence-corrected chi connectivity index (χ2v) is 5.38. The van der Waals surface area contributed by atoms with Gasteiger partial charge in [-0.25, -0.2) is 0 Å². The van der Waals surface area contributed by atoms with Crippen LogP contribution < -0.4 is 16.0 Å². The third kappa shape index (κ3) is 13.9. The van der Waals surface area contributed by atoms with E-state index in [0.29, 0.717) is 16.4 Å². The minimum atomic E-state index is -0.0575. The van der Waals surface area contributed by atoms with Gasteiger partial charge in [-0.3, -0.25) is 4.79 Å². The van der Waals surface area contributed by atoms with Crippen LogP contribution >= 0.6 is 0 Å². The lowest BCUT2D eigenvalue weighted by Gasteiger charge is -2.08. The summed E-state index contributed by atoms with van der Waals surface area (Å²) >= 11 is 4.60. The standard InChI is InChI=1S/C11H25N3OS2/c1-10(2)13-9-8-12-6-4-3-5-7-14-11(15)17-16/h10,12-13,17H,3-9H2,1-2H3,(H,14,15). The molecule has 0 saturated heterocycles. The highest BCUT2D eigenvalue weighted by atomic mass is 32.8. The highest BCUT2D eigenvalue weighted by molar-refractivity contribution is 8.26. The molecule has 0 aromatic heterocycles. The Morgan fingerprint density at radius 1 is 1.12 bits per heavy atom. The summed E-state index contributed by atoms with van der Waals surface area (Å²) in [6.45, 7) is 8.13. The van der Waals surface area contributed by atoms with Gasteiger partial charge in [-0.15, -0.1) is 0 Å². The molecule has 1 amide bonds. The van der Waals surface area contributed by atoms with Gasteiger partial charge in [0, 0.05) is 25.7 Å². The van der Waals surface area contributed by atoms with Gasteiger partial charge < -0.3 is 16.0 Å². The van der Waals surface area contributed by atoms with Crippen LogP contribution in [0.25, 0.3) is 0 Å². The number of carbonyl (C=O) groups excluding carboxylic acids is 1. The summed E-state index contributed by atoms with van der Waals surface area (Å²) in [5.74, 6) is 0. The van der Waals surface area contributed by atoms with Crippen LogP contribution in [0.5, 0.6) is 0 Å². The van der Waals surface area contributed by atoms with Crippen LogP contribution in [-0.2, 0) is 21.5 Å². The van der Waals surface area contributed by atoms with E-state index in [-0.39, 0.29) is 5.24 Å². The van der Waals surface area contributed by atoms with Gasteiger partial charge in [0.1, 0.15) is 0 Å². The Morgan fingerprint density at radius 2 is 1.82 bits per heavy atom. The average Bonchev–Trinajstić information content (AvgIpc) is 2.30. The van der Waals surface area contributed by atoms with Gasteiger partial charge in [0.05, 0.1) is 0 Å². The van der Waals surface area contributed by atoms with E-state index in [0.717, 1.165) is 45.4 Å². The first-order valence-corrected chi connectivity index (χ1v) is 8.13. The number of rotatable bonds is 10. The molecule has 0 fully saturated rings. The van der Waals surface area contributed by atoms with Crippen molar-refractivity contribution < 1.29 is 4.79 Å². The average molecular weight is 279 g/mol. The van der Waals surface area contributed by atoms with E-state index in [4.69, 9.17) is 0 Å². The van der Waals surface area contributed by atoms with E-state index in [9.17, 15) is 4.79 Å². The fraction of sp³-hybridized carbons (Fsp3) is 0.909. The van der Waals surface area contributed by atoms with Crippen LogP contribution in [0.2, 0.25) is 0 Å². The third-order valence-corrected chi connectivity index (χ3v) is 3.07. The van der Waals surface area contributed by atoms with Gasteiger partial charge in [-0.2, -0.15) is 0 Å². The molecule has 0 aromatic rings. The molecule has 0 bridgehead atoms. The molecule has 0 aliphatic heterocycles. The maximum Gasteiger partial charge on any atom is 0.280 e. The van der Waals surface area contributed by atoms with Crippen LogP contribution in [0.4, 0.5) is 4.79 Å². The third-order valence-electron chi connectivity index (χ3n) is 2.24. The predicted molar refractivity (Wildman–Crippen MR) is 79.4 cm³/mol. The van der Waals surface area contributed by atoms with Crippen molar-refractivity contribution in [1.82, 2.24) is 16.0 Å². The lowest BCUT2D eigenvalue weighted by atomic mass is 10.2. The minimum absolute atomic E-state index is 0.0575. The summed E-state index contributed by atoms with van der Waals surface area (Å²) in [5, 5.41) is 9.45. The molecule has 3 N–H and O–H groups in total. The first kappa shape index (κ1) is 17.0.